The number of aromatic amines is 2. The minimum absolute atomic E-state index is 0. The number of benzene rings is 4. The third kappa shape index (κ3) is 10.5. The van der Waals surface area contributed by atoms with Crippen LogP contribution in [0.2, 0.25) is 0 Å². The van der Waals surface area contributed by atoms with Crippen LogP contribution in [0.4, 0.5) is 0 Å². The van der Waals surface area contributed by atoms with Gasteiger partial charge in [-0.1, -0.05) is 48.5 Å². The molecule has 7 aromatic rings. The fourth-order valence-electron chi connectivity index (χ4n) is 7.85. The Morgan fingerprint density at radius 2 is 0.526 bits per heavy atom. The molecule has 0 atom stereocenters. The molecule has 4 aromatic carbocycles. The second-order valence-electron chi connectivity index (χ2n) is 14.5. The second-order valence-corrected chi connectivity index (χ2v) is 25.0. The first-order chi connectivity index (χ1) is 32.8. The topological polar surface area (TPSA) is 567 Å². The van der Waals surface area contributed by atoms with E-state index in [0.29, 0.717) is 0 Å². The molecule has 0 saturated carbocycles. The molecular weight excluding hydrogens is 1400 g/mol. The Bertz CT molecular complexity index is 4930. The average Bonchev–Trinajstić information content (AvgIpc) is 3.95. The van der Waals surface area contributed by atoms with Crippen LogP contribution in [0.5, 0.6) is 0 Å². The third-order valence-electron chi connectivity index (χ3n) is 10.2. The predicted molar refractivity (Wildman–Crippen MR) is 220 cm³/mol. The summed E-state index contributed by atoms with van der Waals surface area (Å²) in [6, 6.07) is 10.5. The van der Waals surface area contributed by atoms with Crippen molar-refractivity contribution >= 4 is 125 Å². The molecule has 0 aliphatic carbocycles. The standard InChI is InChI=1S/C32H18N8O24S8.4Zn/c41-65(42,43)17-13-15(19(67(47,48)49)23(71(59,60)61)21(17)69(53,54)55)31-38-29(13)36-27-11-7-3-1-5-9(11)25(34-27)33-26-10-6-2-4-8-12(10)28(35-26)37-30-14-16(32(39-30)40-31)20(68(50,51)52)24(72(62,63)64)22(70(56,57)58)18(14)66(44,45)46;;;;/h1-8H,(H,41,42,43)(H,44,45,46)(H,47,48,49)(H,50,51,52)(H,53,54,55)(H,56,57,58)(H,59,60,61)(H,62,63,64)(H2,33,34,35,36,37,38,39,40);;;;/q;4*+2/p-8. The van der Waals surface area contributed by atoms with Gasteiger partial charge in [0, 0.05) is 32.7 Å². The molecule has 0 spiro atoms. The molecule has 0 fully saturated rings. The average molecular weight is 1410 g/mol. The van der Waals surface area contributed by atoms with Gasteiger partial charge in [-0.15, -0.1) is 0 Å². The molecular formula is C32H10N8O24S8Zn4. The Balaban J connectivity index is 0.00000267. The van der Waals surface area contributed by atoms with Crippen LogP contribution in [-0.2, 0) is 159 Å². The van der Waals surface area contributed by atoms with Crippen molar-refractivity contribution in [2.75, 3.05) is 0 Å². The minimum atomic E-state index is -7.10. The monoisotopic (exact) mass is 1400 g/mol. The summed E-state index contributed by atoms with van der Waals surface area (Å²) in [4.78, 5) is 5.24. The van der Waals surface area contributed by atoms with Crippen molar-refractivity contribution in [3.63, 3.8) is 0 Å². The maximum atomic E-state index is 13.2. The Kier molecular flexibility index (Phi) is 16.5. The second kappa shape index (κ2) is 20.0. The van der Waals surface area contributed by atoms with Crippen LogP contribution in [0.1, 0.15) is 0 Å². The van der Waals surface area contributed by atoms with Gasteiger partial charge in [-0.2, -0.15) is 0 Å². The van der Waals surface area contributed by atoms with E-state index < -0.39 is 182 Å². The molecule has 76 heavy (non-hydrogen) atoms. The van der Waals surface area contributed by atoms with Gasteiger partial charge >= 0.3 is 77.9 Å². The van der Waals surface area contributed by atoms with Gasteiger partial charge < -0.3 is 46.4 Å². The molecule has 3 aromatic heterocycles. The van der Waals surface area contributed by atoms with E-state index >= 15 is 0 Å². The molecule has 0 amide bonds. The predicted octanol–water partition coefficient (Wildman–Crippen LogP) is -1.91. The molecule has 5 heterocycles. The molecule has 9 rings (SSSR count). The molecule has 2 aliphatic rings. The molecule has 0 unspecified atom stereocenters. The first kappa shape index (κ1) is 62.9. The number of fused-ring (bicyclic) bond motifs is 20. The number of aromatic nitrogens is 8. The fraction of sp³-hybridized carbons (Fsp3) is 0. The van der Waals surface area contributed by atoms with Gasteiger partial charge in [-0.25, -0.2) is 97.2 Å². The van der Waals surface area contributed by atoms with Crippen LogP contribution >= 0.6 is 0 Å². The van der Waals surface area contributed by atoms with Gasteiger partial charge in [-0.05, 0) is 0 Å². The Morgan fingerprint density at radius 1 is 0.289 bits per heavy atom. The summed E-state index contributed by atoms with van der Waals surface area (Å²) in [5, 5.41) is -4.20. The van der Waals surface area contributed by atoms with Crippen molar-refractivity contribution in [3.05, 3.63) is 48.5 Å². The first-order valence-corrected chi connectivity index (χ1v) is 29.2. The number of hydrogen-bond donors (Lipinski definition) is 2. The van der Waals surface area contributed by atoms with Gasteiger partial charge in [0.25, 0.3) is 0 Å². The normalized spacial score (nSPS) is 13.2. The smallest absolute Gasteiger partial charge is 0.744 e. The van der Waals surface area contributed by atoms with Gasteiger partial charge in [0.2, 0.25) is 0 Å². The van der Waals surface area contributed by atoms with E-state index in [4.69, 9.17) is 0 Å². The van der Waals surface area contributed by atoms with Crippen molar-refractivity contribution in [1.29, 1.82) is 0 Å². The molecule has 378 valence electrons. The van der Waals surface area contributed by atoms with E-state index in [1.807, 2.05) is 4.98 Å². The summed E-state index contributed by atoms with van der Waals surface area (Å²) in [7, 11) is -56.1. The Morgan fingerprint density at radius 3 is 0.842 bits per heavy atom. The molecule has 44 heteroatoms. The summed E-state index contributed by atoms with van der Waals surface area (Å²) in [5.74, 6) is -4.73. The van der Waals surface area contributed by atoms with E-state index in [9.17, 15) is 104 Å². The molecule has 0 radical (unpaired) electrons. The van der Waals surface area contributed by atoms with Crippen molar-refractivity contribution in [3.8, 4) is 45.6 Å². The van der Waals surface area contributed by atoms with Crippen molar-refractivity contribution in [2.45, 2.75) is 39.2 Å². The van der Waals surface area contributed by atoms with E-state index in [-0.39, 0.29) is 105 Å². The van der Waals surface area contributed by atoms with E-state index in [2.05, 4.69) is 34.9 Å². The fourth-order valence-corrected chi connectivity index (χ4v) is 17.5. The van der Waals surface area contributed by atoms with Gasteiger partial charge in [0.05, 0.1) is 50.3 Å². The van der Waals surface area contributed by atoms with Crippen LogP contribution in [0, 0.1) is 0 Å². The van der Waals surface area contributed by atoms with Gasteiger partial charge in [0.15, 0.2) is 23.3 Å². The Labute approximate surface area is 475 Å². The number of H-pyrrole nitrogens is 2. The van der Waals surface area contributed by atoms with Crippen molar-refractivity contribution in [2.24, 2.45) is 0 Å². The zero-order chi connectivity index (χ0) is 53.2. The summed E-state index contributed by atoms with van der Waals surface area (Å²) >= 11 is 0. The van der Waals surface area contributed by atoms with E-state index in [1.54, 1.807) is 0 Å². The van der Waals surface area contributed by atoms with E-state index in [0.717, 1.165) is 0 Å². The zero-order valence-electron chi connectivity index (χ0n) is 36.2. The number of hydrogen-bond acceptors (Lipinski definition) is 30. The van der Waals surface area contributed by atoms with E-state index in [1.165, 1.54) is 48.5 Å². The quantitative estimate of drug-likeness (QED) is 0.124. The molecule has 2 N–H and O–H groups in total. The third-order valence-corrected chi connectivity index (χ3v) is 18.2. The summed E-state index contributed by atoms with van der Waals surface area (Å²) in [6.45, 7) is 0. The van der Waals surface area contributed by atoms with Crippen molar-refractivity contribution in [1.82, 2.24) is 39.9 Å². The summed E-state index contributed by atoms with van der Waals surface area (Å²) in [6.07, 6.45) is 0. The minimum Gasteiger partial charge on any atom is -0.744 e. The largest absolute Gasteiger partial charge is 2.00 e. The van der Waals surface area contributed by atoms with Crippen LogP contribution in [-0.4, -0.2) is 144 Å². The van der Waals surface area contributed by atoms with Crippen molar-refractivity contribution < 1.29 is 182 Å². The SMILES string of the molecule is O=S(=O)([O-])c1c2c(c(S(=O)(=O)[O-])c(S(=O)(=O)[O-])c1S(=O)(=O)[O-])-c1nc-2nc2[nH]c(nc3nc(nc4[nH]c(n1)c1c(S(=O)(=O)[O-])c(S(=O)(=O)[O-])c(S(=O)(=O)[O-])c(S(=O)(=O)[O-])c41)-c1ccccc1-3)c1ccccc21.[Zn+2].[Zn+2].[Zn+2].[Zn+2]. The van der Waals surface area contributed by atoms with Gasteiger partial charge in [0.1, 0.15) is 104 Å². The molecule has 0 saturated heterocycles. The van der Waals surface area contributed by atoms with Gasteiger partial charge in [-0.3, -0.25) is 0 Å². The molecule has 2 aliphatic heterocycles. The number of rotatable bonds is 8. The number of nitrogens with one attached hydrogen (secondary N) is 2. The first-order valence-electron chi connectivity index (χ1n) is 18.0. The van der Waals surface area contributed by atoms with Crippen LogP contribution in [0.15, 0.2) is 87.7 Å². The molecule has 32 nitrogen and oxygen atoms in total. The number of nitrogens with zero attached hydrogens (tertiary/aromatic N) is 6. The summed E-state index contributed by atoms with van der Waals surface area (Å²) < 4.78 is 312. The summed E-state index contributed by atoms with van der Waals surface area (Å²) in [5.41, 5.74) is -8.69. The Hall–Kier alpha value is -3.99. The van der Waals surface area contributed by atoms with Crippen LogP contribution < -0.4 is 0 Å². The maximum Gasteiger partial charge on any atom is 2.00 e. The zero-order valence-corrected chi connectivity index (χ0v) is 54.6. The molecule has 8 bridgehead atoms. The van der Waals surface area contributed by atoms with Crippen LogP contribution in [0.25, 0.3) is 89.7 Å². The van der Waals surface area contributed by atoms with Crippen LogP contribution in [0.3, 0.4) is 0 Å². The maximum absolute atomic E-state index is 13.2.